The van der Waals surface area contributed by atoms with Gasteiger partial charge >= 0.3 is 0 Å². The van der Waals surface area contributed by atoms with Crippen LogP contribution in [0.5, 0.6) is 5.75 Å². The summed E-state index contributed by atoms with van der Waals surface area (Å²) in [5.74, 6) is 0.452. The normalized spacial score (nSPS) is 15.7. The lowest BCUT2D eigenvalue weighted by molar-refractivity contribution is -0.117. The number of hydrogen-bond donors (Lipinski definition) is 1. The van der Waals surface area contributed by atoms with Crippen LogP contribution in [0.25, 0.3) is 11.3 Å². The number of carbonyl (C=O) groups excluding carboxylic acids is 1. The van der Waals surface area contributed by atoms with Crippen LogP contribution < -0.4 is 10.1 Å². The molecule has 0 fully saturated rings. The Balaban J connectivity index is 1.58. The highest BCUT2D eigenvalue weighted by Crippen LogP contribution is 2.36. The van der Waals surface area contributed by atoms with Gasteiger partial charge in [0.2, 0.25) is 5.91 Å². The molecular weight excluding hydrogens is 308 g/mol. The number of aromatic nitrogens is 1. The molecule has 0 saturated heterocycles. The predicted molar refractivity (Wildman–Crippen MR) is 90.9 cm³/mol. The molecule has 1 atom stereocenters. The van der Waals surface area contributed by atoms with Crippen LogP contribution in [-0.4, -0.2) is 17.5 Å². The summed E-state index contributed by atoms with van der Waals surface area (Å²) in [5.41, 5.74) is 4.48. The fourth-order valence-corrected chi connectivity index (χ4v) is 3.42. The third-order valence-electron chi connectivity index (χ3n) is 3.87. The van der Waals surface area contributed by atoms with Gasteiger partial charge in [0.1, 0.15) is 29.0 Å². The van der Waals surface area contributed by atoms with Gasteiger partial charge in [0, 0.05) is 11.1 Å². The minimum absolute atomic E-state index is 0.0589. The molecule has 114 valence electrons. The van der Waals surface area contributed by atoms with Crippen molar-refractivity contribution in [1.82, 2.24) is 4.98 Å². The highest BCUT2D eigenvalue weighted by atomic mass is 32.1. The number of fused-ring (bicyclic) bond motifs is 1. The average Bonchev–Trinajstić information content (AvgIpc) is 3.22. The van der Waals surface area contributed by atoms with E-state index in [1.807, 2.05) is 54.6 Å². The van der Waals surface area contributed by atoms with E-state index in [0.717, 1.165) is 27.6 Å². The van der Waals surface area contributed by atoms with Crippen LogP contribution >= 0.6 is 11.3 Å². The molecule has 1 aliphatic rings. The van der Waals surface area contributed by atoms with Crippen molar-refractivity contribution in [2.45, 2.75) is 5.92 Å². The van der Waals surface area contributed by atoms with Crippen molar-refractivity contribution in [3.63, 3.8) is 0 Å². The van der Waals surface area contributed by atoms with Crippen molar-refractivity contribution in [2.24, 2.45) is 0 Å². The summed E-state index contributed by atoms with van der Waals surface area (Å²) in [6, 6.07) is 17.5. The maximum atomic E-state index is 12.6. The molecule has 1 amide bonds. The zero-order valence-corrected chi connectivity index (χ0v) is 13.0. The van der Waals surface area contributed by atoms with Crippen molar-refractivity contribution in [3.05, 3.63) is 65.7 Å². The van der Waals surface area contributed by atoms with Gasteiger partial charge in [-0.25, -0.2) is 4.98 Å². The zero-order chi connectivity index (χ0) is 15.6. The third-order valence-corrected chi connectivity index (χ3v) is 4.61. The first-order valence-corrected chi connectivity index (χ1v) is 8.22. The van der Waals surface area contributed by atoms with Gasteiger partial charge in [-0.1, -0.05) is 48.5 Å². The van der Waals surface area contributed by atoms with E-state index in [-0.39, 0.29) is 11.8 Å². The number of anilines is 1. The molecule has 4 nitrogen and oxygen atoms in total. The van der Waals surface area contributed by atoms with Gasteiger partial charge in [0.05, 0.1) is 5.51 Å². The summed E-state index contributed by atoms with van der Waals surface area (Å²) in [6.45, 7) is 0.380. The third kappa shape index (κ3) is 2.59. The molecule has 0 spiro atoms. The van der Waals surface area contributed by atoms with Crippen LogP contribution in [0.1, 0.15) is 11.5 Å². The average molecular weight is 322 g/mol. The lowest BCUT2D eigenvalue weighted by Gasteiger charge is -2.10. The standard InChI is InChI=1S/C18H14N2O2S/c21-17(14-10-22-15-9-5-4-8-13(14)15)20-18-16(19-11-23-18)12-6-2-1-3-7-12/h1-9,11,14H,10H2,(H,20,21)/t14-/m1/s1. The predicted octanol–water partition coefficient (Wildman–Crippen LogP) is 3.92. The minimum atomic E-state index is -0.281. The monoisotopic (exact) mass is 322 g/mol. The van der Waals surface area contributed by atoms with Crippen molar-refractivity contribution < 1.29 is 9.53 Å². The maximum Gasteiger partial charge on any atom is 0.236 e. The van der Waals surface area contributed by atoms with E-state index in [0.29, 0.717) is 6.61 Å². The quantitative estimate of drug-likeness (QED) is 0.795. The molecule has 0 radical (unpaired) electrons. The van der Waals surface area contributed by atoms with Gasteiger partial charge < -0.3 is 10.1 Å². The number of amides is 1. The fraction of sp³-hybridized carbons (Fsp3) is 0.111. The first kappa shape index (κ1) is 14.0. The number of hydrogen-bond acceptors (Lipinski definition) is 4. The van der Waals surface area contributed by atoms with Gasteiger partial charge in [0.25, 0.3) is 0 Å². The second-order valence-corrected chi connectivity index (χ2v) is 6.14. The van der Waals surface area contributed by atoms with Crippen LogP contribution in [0.4, 0.5) is 5.00 Å². The van der Waals surface area contributed by atoms with E-state index in [1.54, 1.807) is 5.51 Å². The van der Waals surface area contributed by atoms with E-state index >= 15 is 0 Å². The molecule has 23 heavy (non-hydrogen) atoms. The highest BCUT2D eigenvalue weighted by molar-refractivity contribution is 7.14. The Hall–Kier alpha value is -2.66. The number of carbonyl (C=O) groups is 1. The Kier molecular flexibility index (Phi) is 3.55. The Morgan fingerprint density at radius 1 is 1.13 bits per heavy atom. The summed E-state index contributed by atoms with van der Waals surface area (Å²) in [5, 5.41) is 3.78. The Morgan fingerprint density at radius 2 is 1.91 bits per heavy atom. The number of ether oxygens (including phenoxy) is 1. The van der Waals surface area contributed by atoms with Gasteiger partial charge in [-0.05, 0) is 6.07 Å². The number of nitrogens with zero attached hydrogens (tertiary/aromatic N) is 1. The molecule has 0 unspecified atom stereocenters. The molecule has 5 heteroatoms. The SMILES string of the molecule is O=C(Nc1scnc1-c1ccccc1)[C@@H]1COc2ccccc21. The molecular formula is C18H14N2O2S. The molecule has 2 aromatic carbocycles. The van der Waals surface area contributed by atoms with Crippen molar-refractivity contribution in [1.29, 1.82) is 0 Å². The van der Waals surface area contributed by atoms with Crippen LogP contribution in [0.15, 0.2) is 60.1 Å². The van der Waals surface area contributed by atoms with Crippen LogP contribution in [0.3, 0.4) is 0 Å². The summed E-state index contributed by atoms with van der Waals surface area (Å²) >= 11 is 1.43. The first-order valence-electron chi connectivity index (χ1n) is 7.34. The van der Waals surface area contributed by atoms with Gasteiger partial charge in [0.15, 0.2) is 0 Å². The number of benzene rings is 2. The molecule has 1 aliphatic heterocycles. The van der Waals surface area contributed by atoms with Crippen molar-refractivity contribution in [2.75, 3.05) is 11.9 Å². The molecule has 2 heterocycles. The van der Waals surface area contributed by atoms with E-state index in [2.05, 4.69) is 10.3 Å². The van der Waals surface area contributed by atoms with Crippen molar-refractivity contribution >= 4 is 22.2 Å². The lowest BCUT2D eigenvalue weighted by atomic mass is 10.0. The van der Waals surface area contributed by atoms with E-state index in [9.17, 15) is 4.79 Å². The number of para-hydroxylation sites is 1. The summed E-state index contributed by atoms with van der Waals surface area (Å²) in [4.78, 5) is 17.0. The second-order valence-electron chi connectivity index (χ2n) is 5.29. The molecule has 1 N–H and O–H groups in total. The van der Waals surface area contributed by atoms with Gasteiger partial charge in [-0.3, -0.25) is 4.79 Å². The second kappa shape index (κ2) is 5.85. The molecule has 0 aliphatic carbocycles. The molecule has 4 rings (SSSR count). The maximum absolute atomic E-state index is 12.6. The molecule has 0 saturated carbocycles. The number of nitrogens with one attached hydrogen (secondary N) is 1. The molecule has 0 bridgehead atoms. The Morgan fingerprint density at radius 3 is 2.78 bits per heavy atom. The van der Waals surface area contributed by atoms with Crippen LogP contribution in [0.2, 0.25) is 0 Å². The smallest absolute Gasteiger partial charge is 0.236 e. The van der Waals surface area contributed by atoms with Crippen LogP contribution in [-0.2, 0) is 4.79 Å². The Labute approximate surface area is 137 Å². The van der Waals surface area contributed by atoms with E-state index < -0.39 is 0 Å². The first-order chi connectivity index (χ1) is 11.3. The fourth-order valence-electron chi connectivity index (χ4n) is 2.72. The highest BCUT2D eigenvalue weighted by Gasteiger charge is 2.30. The Bertz CT molecular complexity index is 845. The van der Waals surface area contributed by atoms with Gasteiger partial charge in [-0.15, -0.1) is 11.3 Å². The number of thiazole rings is 1. The van der Waals surface area contributed by atoms with Crippen LogP contribution in [0, 0.1) is 0 Å². The summed E-state index contributed by atoms with van der Waals surface area (Å²) in [6.07, 6.45) is 0. The van der Waals surface area contributed by atoms with E-state index in [1.165, 1.54) is 11.3 Å². The zero-order valence-electron chi connectivity index (χ0n) is 12.2. The van der Waals surface area contributed by atoms with Gasteiger partial charge in [-0.2, -0.15) is 0 Å². The largest absolute Gasteiger partial charge is 0.492 e. The van der Waals surface area contributed by atoms with Crippen molar-refractivity contribution in [3.8, 4) is 17.0 Å². The number of rotatable bonds is 3. The minimum Gasteiger partial charge on any atom is -0.492 e. The molecule has 3 aromatic rings. The summed E-state index contributed by atoms with van der Waals surface area (Å²) in [7, 11) is 0. The topological polar surface area (TPSA) is 51.2 Å². The van der Waals surface area contributed by atoms with E-state index in [4.69, 9.17) is 4.74 Å². The molecule has 1 aromatic heterocycles. The summed E-state index contributed by atoms with van der Waals surface area (Å²) < 4.78 is 5.59. The lowest BCUT2D eigenvalue weighted by Crippen LogP contribution is -2.22.